The van der Waals surface area contributed by atoms with Crippen LogP contribution in [-0.4, -0.2) is 24.2 Å². The molecular formula is C14H21NO2. The van der Waals surface area contributed by atoms with Gasteiger partial charge in [0.05, 0.1) is 0 Å². The highest BCUT2D eigenvalue weighted by molar-refractivity contribution is 5.75. The van der Waals surface area contributed by atoms with Crippen LogP contribution in [0.4, 0.5) is 5.69 Å². The maximum atomic E-state index is 10.9. The lowest BCUT2D eigenvalue weighted by atomic mass is 10.0. The number of nitrogens with zero attached hydrogens (tertiary/aromatic N) is 1. The number of carbonyl (C=O) groups is 1. The van der Waals surface area contributed by atoms with E-state index < -0.39 is 5.97 Å². The molecule has 1 aromatic carbocycles. The van der Waals surface area contributed by atoms with E-state index in [-0.39, 0.29) is 6.54 Å². The molecule has 0 aliphatic carbocycles. The Kier molecular flexibility index (Phi) is 5.01. The van der Waals surface area contributed by atoms with Crippen molar-refractivity contribution in [1.29, 1.82) is 0 Å². The van der Waals surface area contributed by atoms with Crippen molar-refractivity contribution in [3.8, 4) is 0 Å². The Hall–Kier alpha value is -1.51. The SMILES string of the molecule is CCCN(CC(=O)O)c1c(C)cccc1CC. The third-order valence-corrected chi connectivity index (χ3v) is 2.84. The lowest BCUT2D eigenvalue weighted by Crippen LogP contribution is -2.31. The van der Waals surface area contributed by atoms with Crippen LogP contribution in [0.5, 0.6) is 0 Å². The van der Waals surface area contributed by atoms with Crippen LogP contribution >= 0.6 is 0 Å². The van der Waals surface area contributed by atoms with Crippen LogP contribution in [-0.2, 0) is 11.2 Å². The van der Waals surface area contributed by atoms with E-state index in [1.165, 1.54) is 5.56 Å². The summed E-state index contributed by atoms with van der Waals surface area (Å²) in [5.41, 5.74) is 3.47. The number of carboxylic acids is 1. The van der Waals surface area contributed by atoms with Crippen molar-refractivity contribution in [2.75, 3.05) is 18.0 Å². The Labute approximate surface area is 103 Å². The zero-order chi connectivity index (χ0) is 12.8. The van der Waals surface area contributed by atoms with Gasteiger partial charge in [0.1, 0.15) is 6.54 Å². The number of carboxylic acid groups (broad SMARTS) is 1. The first-order valence-electron chi connectivity index (χ1n) is 6.15. The number of rotatable bonds is 6. The second kappa shape index (κ2) is 6.28. The molecule has 0 radical (unpaired) electrons. The van der Waals surface area contributed by atoms with Gasteiger partial charge in [-0.2, -0.15) is 0 Å². The minimum Gasteiger partial charge on any atom is -0.480 e. The minimum absolute atomic E-state index is 0.0751. The van der Waals surface area contributed by atoms with Gasteiger partial charge in [-0.3, -0.25) is 4.79 Å². The van der Waals surface area contributed by atoms with Gasteiger partial charge >= 0.3 is 5.97 Å². The molecule has 1 rings (SSSR count). The first kappa shape index (κ1) is 13.6. The molecule has 0 aromatic heterocycles. The second-order valence-electron chi connectivity index (χ2n) is 4.25. The van der Waals surface area contributed by atoms with E-state index in [0.717, 1.165) is 30.6 Å². The molecular weight excluding hydrogens is 214 g/mol. The summed E-state index contributed by atoms with van der Waals surface area (Å²) in [4.78, 5) is 12.9. The number of hydrogen-bond acceptors (Lipinski definition) is 2. The van der Waals surface area contributed by atoms with Gasteiger partial charge in [-0.25, -0.2) is 0 Å². The monoisotopic (exact) mass is 235 g/mol. The molecule has 0 aliphatic rings. The summed E-state index contributed by atoms with van der Waals surface area (Å²) >= 11 is 0. The minimum atomic E-state index is -0.774. The summed E-state index contributed by atoms with van der Waals surface area (Å²) in [5.74, 6) is -0.774. The summed E-state index contributed by atoms with van der Waals surface area (Å²) in [5, 5.41) is 8.98. The van der Waals surface area contributed by atoms with E-state index in [1.54, 1.807) is 0 Å². The van der Waals surface area contributed by atoms with Gasteiger partial charge < -0.3 is 10.0 Å². The number of hydrogen-bond donors (Lipinski definition) is 1. The summed E-state index contributed by atoms with van der Waals surface area (Å²) in [7, 11) is 0. The lowest BCUT2D eigenvalue weighted by molar-refractivity contribution is -0.135. The van der Waals surface area contributed by atoms with Crippen LogP contribution in [0.3, 0.4) is 0 Å². The number of aryl methyl sites for hydroxylation is 2. The second-order valence-corrected chi connectivity index (χ2v) is 4.25. The molecule has 1 N–H and O–H groups in total. The molecule has 0 aliphatic heterocycles. The molecule has 0 amide bonds. The van der Waals surface area contributed by atoms with Crippen LogP contribution in [0, 0.1) is 6.92 Å². The smallest absolute Gasteiger partial charge is 0.323 e. The van der Waals surface area contributed by atoms with Crippen molar-refractivity contribution in [1.82, 2.24) is 0 Å². The van der Waals surface area contributed by atoms with E-state index in [1.807, 2.05) is 24.0 Å². The van der Waals surface area contributed by atoms with Crippen molar-refractivity contribution >= 4 is 11.7 Å². The third-order valence-electron chi connectivity index (χ3n) is 2.84. The van der Waals surface area contributed by atoms with Crippen molar-refractivity contribution in [3.63, 3.8) is 0 Å². The Morgan fingerprint density at radius 2 is 2.06 bits per heavy atom. The number of benzene rings is 1. The van der Waals surface area contributed by atoms with E-state index in [4.69, 9.17) is 5.11 Å². The highest BCUT2D eigenvalue weighted by Crippen LogP contribution is 2.25. The zero-order valence-corrected chi connectivity index (χ0v) is 10.9. The van der Waals surface area contributed by atoms with E-state index in [2.05, 4.69) is 19.9 Å². The Bertz CT molecular complexity index is 388. The average Bonchev–Trinajstić information content (AvgIpc) is 2.27. The Balaban J connectivity index is 3.11. The zero-order valence-electron chi connectivity index (χ0n) is 10.9. The standard InChI is InChI=1S/C14H21NO2/c1-4-9-15(10-13(16)17)14-11(3)7-6-8-12(14)5-2/h6-8H,4-5,9-10H2,1-3H3,(H,16,17). The molecule has 3 nitrogen and oxygen atoms in total. The molecule has 0 fully saturated rings. The average molecular weight is 235 g/mol. The fourth-order valence-electron chi connectivity index (χ4n) is 2.16. The number of aliphatic carboxylic acids is 1. The molecule has 0 atom stereocenters. The number of anilines is 1. The van der Waals surface area contributed by atoms with Gasteiger partial charge in [0.2, 0.25) is 0 Å². The molecule has 0 bridgehead atoms. The Morgan fingerprint density at radius 1 is 1.35 bits per heavy atom. The fraction of sp³-hybridized carbons (Fsp3) is 0.500. The van der Waals surface area contributed by atoms with Gasteiger partial charge in [0.25, 0.3) is 0 Å². The van der Waals surface area contributed by atoms with Crippen molar-refractivity contribution in [2.24, 2.45) is 0 Å². The predicted octanol–water partition coefficient (Wildman–Crippen LogP) is 2.86. The molecule has 17 heavy (non-hydrogen) atoms. The van der Waals surface area contributed by atoms with E-state index in [9.17, 15) is 4.79 Å². The van der Waals surface area contributed by atoms with Crippen LogP contribution in [0.25, 0.3) is 0 Å². The quantitative estimate of drug-likeness (QED) is 0.824. The first-order valence-corrected chi connectivity index (χ1v) is 6.15. The highest BCUT2D eigenvalue weighted by atomic mass is 16.4. The van der Waals surface area contributed by atoms with Gasteiger partial charge in [-0.1, -0.05) is 32.0 Å². The molecule has 1 aromatic rings. The summed E-state index contributed by atoms with van der Waals surface area (Å²) in [6, 6.07) is 6.15. The van der Waals surface area contributed by atoms with Gasteiger partial charge in [0.15, 0.2) is 0 Å². The van der Waals surface area contributed by atoms with Gasteiger partial charge in [-0.15, -0.1) is 0 Å². The first-order chi connectivity index (χ1) is 8.10. The maximum absolute atomic E-state index is 10.9. The largest absolute Gasteiger partial charge is 0.480 e. The Morgan fingerprint density at radius 3 is 2.59 bits per heavy atom. The molecule has 0 spiro atoms. The van der Waals surface area contributed by atoms with Crippen LogP contribution in [0.2, 0.25) is 0 Å². The predicted molar refractivity (Wildman–Crippen MR) is 70.7 cm³/mol. The summed E-state index contributed by atoms with van der Waals surface area (Å²) in [6.07, 6.45) is 1.88. The molecule has 0 saturated carbocycles. The van der Waals surface area contributed by atoms with Crippen molar-refractivity contribution in [2.45, 2.75) is 33.6 Å². The fourth-order valence-corrected chi connectivity index (χ4v) is 2.16. The molecule has 0 saturated heterocycles. The maximum Gasteiger partial charge on any atom is 0.323 e. The van der Waals surface area contributed by atoms with E-state index in [0.29, 0.717) is 0 Å². The molecule has 3 heteroatoms. The van der Waals surface area contributed by atoms with Crippen LogP contribution in [0.15, 0.2) is 18.2 Å². The lowest BCUT2D eigenvalue weighted by Gasteiger charge is -2.26. The van der Waals surface area contributed by atoms with Gasteiger partial charge in [0, 0.05) is 12.2 Å². The third kappa shape index (κ3) is 3.48. The van der Waals surface area contributed by atoms with Crippen molar-refractivity contribution in [3.05, 3.63) is 29.3 Å². The molecule has 0 unspecified atom stereocenters. The van der Waals surface area contributed by atoms with Crippen LogP contribution < -0.4 is 4.90 Å². The van der Waals surface area contributed by atoms with E-state index >= 15 is 0 Å². The summed E-state index contributed by atoms with van der Waals surface area (Å²) < 4.78 is 0. The normalized spacial score (nSPS) is 10.3. The number of para-hydroxylation sites is 1. The highest BCUT2D eigenvalue weighted by Gasteiger charge is 2.14. The van der Waals surface area contributed by atoms with Crippen molar-refractivity contribution < 1.29 is 9.90 Å². The van der Waals surface area contributed by atoms with Crippen LogP contribution in [0.1, 0.15) is 31.4 Å². The molecule has 0 heterocycles. The topological polar surface area (TPSA) is 40.5 Å². The van der Waals surface area contributed by atoms with Gasteiger partial charge in [-0.05, 0) is 30.9 Å². The summed E-state index contributed by atoms with van der Waals surface area (Å²) in [6.45, 7) is 7.07. The molecule has 94 valence electrons.